The number of anilines is 3. The van der Waals surface area contributed by atoms with Gasteiger partial charge < -0.3 is 10.6 Å². The van der Waals surface area contributed by atoms with Gasteiger partial charge in [0.15, 0.2) is 0 Å². The van der Waals surface area contributed by atoms with E-state index in [4.69, 9.17) is 17.7 Å². The van der Waals surface area contributed by atoms with Crippen molar-refractivity contribution in [1.82, 2.24) is 15.0 Å². The smallest absolute Gasteiger partial charge is 0.256 e. The van der Waals surface area contributed by atoms with Crippen LogP contribution in [0.25, 0.3) is 0 Å². The number of rotatable bonds is 8. The van der Waals surface area contributed by atoms with E-state index in [1.54, 1.807) is 7.05 Å². The molecule has 0 atom stereocenters. The third-order valence-electron chi connectivity index (χ3n) is 2.13. The summed E-state index contributed by atoms with van der Waals surface area (Å²) in [4.78, 5) is 17.9. The Morgan fingerprint density at radius 2 is 1.85 bits per heavy atom. The van der Waals surface area contributed by atoms with E-state index in [1.807, 2.05) is 0 Å². The summed E-state index contributed by atoms with van der Waals surface area (Å²) in [5, 5.41) is 7.38. The Kier molecular flexibility index (Phi) is 6.66. The molecule has 0 fully saturated rings. The number of nitrogens with one attached hydrogen (secondary N) is 2. The van der Waals surface area contributed by atoms with Gasteiger partial charge in [-0.3, -0.25) is 4.84 Å². The molecule has 0 amide bonds. The van der Waals surface area contributed by atoms with Crippen molar-refractivity contribution in [2.75, 3.05) is 42.4 Å². The van der Waals surface area contributed by atoms with Crippen LogP contribution in [0.5, 0.6) is 0 Å². The van der Waals surface area contributed by atoms with Gasteiger partial charge in [-0.1, -0.05) is 18.8 Å². The lowest BCUT2D eigenvalue weighted by Gasteiger charge is -2.16. The molecule has 0 saturated carbocycles. The number of terminal acetylenes is 2. The van der Waals surface area contributed by atoms with Crippen molar-refractivity contribution in [3.8, 4) is 24.7 Å². The third kappa shape index (κ3) is 5.01. The van der Waals surface area contributed by atoms with E-state index >= 15 is 0 Å². The van der Waals surface area contributed by atoms with E-state index in [0.717, 1.165) is 13.0 Å². The maximum absolute atomic E-state index is 5.24. The highest BCUT2D eigenvalue weighted by molar-refractivity contribution is 5.42. The average molecular weight is 274 g/mol. The van der Waals surface area contributed by atoms with Gasteiger partial charge in [-0.25, -0.2) is 5.06 Å². The quantitative estimate of drug-likeness (QED) is 0.535. The van der Waals surface area contributed by atoms with Crippen LogP contribution in [0, 0.1) is 24.7 Å². The molecule has 0 spiro atoms. The van der Waals surface area contributed by atoms with E-state index in [2.05, 4.69) is 44.4 Å². The largest absolute Gasteiger partial charge is 0.354 e. The average Bonchev–Trinajstić information content (AvgIpc) is 2.48. The summed E-state index contributed by atoms with van der Waals surface area (Å²) in [5.41, 5.74) is 0. The van der Waals surface area contributed by atoms with Crippen LogP contribution in [0.4, 0.5) is 17.8 Å². The van der Waals surface area contributed by atoms with Crippen molar-refractivity contribution in [3.05, 3.63) is 0 Å². The Morgan fingerprint density at radius 1 is 1.15 bits per heavy atom. The highest BCUT2D eigenvalue weighted by Crippen LogP contribution is 2.12. The second-order valence-corrected chi connectivity index (χ2v) is 3.74. The van der Waals surface area contributed by atoms with Crippen LogP contribution in [0.1, 0.15) is 13.3 Å². The first-order valence-corrected chi connectivity index (χ1v) is 6.18. The Bertz CT molecular complexity index is 505. The Labute approximate surface area is 119 Å². The summed E-state index contributed by atoms with van der Waals surface area (Å²) < 4.78 is 0. The zero-order chi connectivity index (χ0) is 14.8. The van der Waals surface area contributed by atoms with Crippen LogP contribution in [0.3, 0.4) is 0 Å². The summed E-state index contributed by atoms with van der Waals surface area (Å²) in [5.74, 6) is 6.00. The topological polar surface area (TPSA) is 75.2 Å². The molecule has 20 heavy (non-hydrogen) atoms. The molecule has 1 aromatic heterocycles. The van der Waals surface area contributed by atoms with Crippen molar-refractivity contribution in [1.29, 1.82) is 0 Å². The lowest BCUT2D eigenvalue weighted by Crippen LogP contribution is -2.22. The molecule has 1 rings (SSSR count). The monoisotopic (exact) mass is 274 g/mol. The molecular formula is C13H18N6O. The molecule has 1 heterocycles. The van der Waals surface area contributed by atoms with Crippen molar-refractivity contribution < 1.29 is 4.84 Å². The maximum atomic E-state index is 5.24. The van der Waals surface area contributed by atoms with Gasteiger partial charge in [-0.05, 0) is 6.42 Å². The van der Waals surface area contributed by atoms with Crippen LogP contribution in [-0.2, 0) is 4.84 Å². The zero-order valence-corrected chi connectivity index (χ0v) is 11.7. The zero-order valence-electron chi connectivity index (χ0n) is 11.7. The summed E-state index contributed by atoms with van der Waals surface area (Å²) in [6.07, 6.45) is 11.3. The molecule has 7 nitrogen and oxygen atoms in total. The number of nitrogens with zero attached hydrogens (tertiary/aromatic N) is 4. The fourth-order valence-corrected chi connectivity index (χ4v) is 1.22. The molecule has 0 saturated heterocycles. The number of hydrogen-bond acceptors (Lipinski definition) is 7. The predicted molar refractivity (Wildman–Crippen MR) is 79.1 cm³/mol. The van der Waals surface area contributed by atoms with Crippen molar-refractivity contribution in [3.63, 3.8) is 0 Å². The van der Waals surface area contributed by atoms with Gasteiger partial charge >= 0.3 is 0 Å². The molecule has 2 N–H and O–H groups in total. The van der Waals surface area contributed by atoms with Crippen LogP contribution < -0.4 is 15.7 Å². The molecule has 0 radical (unpaired) electrons. The van der Waals surface area contributed by atoms with Crippen LogP contribution in [0.2, 0.25) is 0 Å². The molecule has 1 aromatic rings. The third-order valence-corrected chi connectivity index (χ3v) is 2.13. The van der Waals surface area contributed by atoms with Crippen LogP contribution in [0.15, 0.2) is 0 Å². The van der Waals surface area contributed by atoms with E-state index in [1.165, 1.54) is 5.06 Å². The highest BCUT2D eigenvalue weighted by atomic mass is 16.7. The first kappa shape index (κ1) is 15.5. The van der Waals surface area contributed by atoms with E-state index < -0.39 is 0 Å². The molecular weight excluding hydrogens is 256 g/mol. The maximum Gasteiger partial charge on any atom is 0.256 e. The SMILES string of the molecule is C#CCNc1nc(NCCC)nc(N(C)OCC#C)n1. The lowest BCUT2D eigenvalue weighted by atomic mass is 10.5. The second-order valence-electron chi connectivity index (χ2n) is 3.74. The minimum atomic E-state index is 0.132. The summed E-state index contributed by atoms with van der Waals surface area (Å²) in [6, 6.07) is 0. The second kappa shape index (κ2) is 8.57. The Balaban J connectivity index is 2.90. The van der Waals surface area contributed by atoms with E-state index in [0.29, 0.717) is 24.4 Å². The lowest BCUT2D eigenvalue weighted by molar-refractivity contribution is 0.149. The van der Waals surface area contributed by atoms with Gasteiger partial charge in [0.25, 0.3) is 5.95 Å². The molecule has 106 valence electrons. The highest BCUT2D eigenvalue weighted by Gasteiger charge is 2.10. The fraction of sp³-hybridized carbons (Fsp3) is 0.462. The molecule has 0 unspecified atom stereocenters. The summed E-state index contributed by atoms with van der Waals surface area (Å²) >= 11 is 0. The van der Waals surface area contributed by atoms with Gasteiger partial charge in [-0.2, -0.15) is 15.0 Å². The predicted octanol–water partition coefficient (Wildman–Crippen LogP) is 0.740. The van der Waals surface area contributed by atoms with Crippen molar-refractivity contribution in [2.24, 2.45) is 0 Å². The molecule has 0 aliphatic rings. The number of hydroxylamine groups is 1. The minimum Gasteiger partial charge on any atom is -0.354 e. The van der Waals surface area contributed by atoms with Crippen LogP contribution in [-0.4, -0.2) is 41.7 Å². The van der Waals surface area contributed by atoms with E-state index in [-0.39, 0.29) is 6.61 Å². The first-order chi connectivity index (χ1) is 9.71. The first-order valence-electron chi connectivity index (χ1n) is 6.18. The molecule has 0 aromatic carbocycles. The fourth-order valence-electron chi connectivity index (χ4n) is 1.22. The molecule has 0 bridgehead atoms. The van der Waals surface area contributed by atoms with Crippen LogP contribution >= 0.6 is 0 Å². The standard InChI is InChI=1S/C13H18N6O/c1-5-8-14-11-16-12(15-9-6-2)18-13(17-11)19(4)20-10-7-3/h1,3H,6,8-10H2,2,4H3,(H2,14,15,16,17,18). The van der Waals surface area contributed by atoms with Gasteiger partial charge in [0.2, 0.25) is 11.9 Å². The van der Waals surface area contributed by atoms with E-state index in [9.17, 15) is 0 Å². The molecule has 7 heteroatoms. The summed E-state index contributed by atoms with van der Waals surface area (Å²) in [7, 11) is 1.67. The summed E-state index contributed by atoms with van der Waals surface area (Å²) in [6.45, 7) is 3.26. The minimum absolute atomic E-state index is 0.132. The van der Waals surface area contributed by atoms with Gasteiger partial charge in [0, 0.05) is 13.6 Å². The Morgan fingerprint density at radius 3 is 2.45 bits per heavy atom. The normalized spacial score (nSPS) is 9.40. The number of hydrogen-bond donors (Lipinski definition) is 2. The number of aromatic nitrogens is 3. The van der Waals surface area contributed by atoms with Crippen molar-refractivity contribution in [2.45, 2.75) is 13.3 Å². The molecule has 0 aliphatic carbocycles. The van der Waals surface area contributed by atoms with Crippen molar-refractivity contribution >= 4 is 17.8 Å². The van der Waals surface area contributed by atoms with Gasteiger partial charge in [-0.15, -0.1) is 12.8 Å². The Hall–Kier alpha value is -2.51. The van der Waals surface area contributed by atoms with Gasteiger partial charge in [0.05, 0.1) is 6.54 Å². The molecule has 0 aliphatic heterocycles. The van der Waals surface area contributed by atoms with Gasteiger partial charge in [0.1, 0.15) is 6.61 Å².